The minimum absolute atomic E-state index is 0.0750. The second-order valence-corrected chi connectivity index (χ2v) is 13.2. The van der Waals surface area contributed by atoms with Crippen LogP contribution in [0.15, 0.2) is 46.6 Å². The van der Waals surface area contributed by atoms with Crippen LogP contribution >= 0.6 is 0 Å². The van der Waals surface area contributed by atoms with Crippen molar-refractivity contribution in [2.75, 3.05) is 0 Å². The third-order valence-corrected chi connectivity index (χ3v) is 11.1. The fourth-order valence-corrected chi connectivity index (χ4v) is 8.44. The van der Waals surface area contributed by atoms with E-state index in [1.807, 2.05) is 12.2 Å². The number of carbonyl (C=O) groups excluding carboxylic acids is 3. The number of hydrogen-bond donors (Lipinski definition) is 1. The number of rotatable bonds is 3. The molecule has 3 aliphatic carbocycles. The van der Waals surface area contributed by atoms with Crippen molar-refractivity contribution in [3.05, 3.63) is 46.6 Å². The maximum atomic E-state index is 12.4. The quantitative estimate of drug-likeness (QED) is 0.385. The van der Waals surface area contributed by atoms with Gasteiger partial charge in [0.25, 0.3) is 0 Å². The molecule has 2 heterocycles. The summed E-state index contributed by atoms with van der Waals surface area (Å²) in [4.78, 5) is 37.1. The van der Waals surface area contributed by atoms with Gasteiger partial charge in [0.1, 0.15) is 23.4 Å². The van der Waals surface area contributed by atoms with Crippen LogP contribution in [0.2, 0.25) is 0 Å². The fourth-order valence-electron chi connectivity index (χ4n) is 8.44. The Hall–Kier alpha value is -2.67. The van der Waals surface area contributed by atoms with Gasteiger partial charge in [0, 0.05) is 30.4 Å². The standard InChI is InChI=1S/C32H42O7/c1-18-8-10-25(38-28(18)35)19(2)24-17-26(37-20(3)33)31(7)23-13-15-32(36)22(9-11-27(34)39-29(32,4)5)16-21(23)12-14-30(24,31)6/h8-9,11,16,19,24-26,36H,10,12-15,17H2,1-7H3/t19-,24?,25+,26+,30+,31+,32-/m0/s1. The topological polar surface area (TPSA) is 99.1 Å². The molecular weight excluding hydrogens is 496 g/mol. The molecule has 0 amide bonds. The molecule has 212 valence electrons. The van der Waals surface area contributed by atoms with Crippen molar-refractivity contribution in [1.82, 2.24) is 0 Å². The predicted molar refractivity (Wildman–Crippen MR) is 145 cm³/mol. The Kier molecular flexibility index (Phi) is 6.57. The lowest BCUT2D eigenvalue weighted by molar-refractivity contribution is -0.173. The lowest BCUT2D eigenvalue weighted by Crippen LogP contribution is -2.53. The molecule has 7 atom stereocenters. The summed E-state index contributed by atoms with van der Waals surface area (Å²) in [5.74, 6) is -0.791. The zero-order chi connectivity index (χ0) is 28.5. The minimum Gasteiger partial charge on any atom is -0.462 e. The van der Waals surface area contributed by atoms with Gasteiger partial charge in [-0.15, -0.1) is 0 Å². The van der Waals surface area contributed by atoms with Crippen molar-refractivity contribution in [2.24, 2.45) is 22.7 Å². The summed E-state index contributed by atoms with van der Waals surface area (Å²) >= 11 is 0. The van der Waals surface area contributed by atoms with Crippen LogP contribution in [0, 0.1) is 22.7 Å². The summed E-state index contributed by atoms with van der Waals surface area (Å²) in [6, 6.07) is 0. The van der Waals surface area contributed by atoms with Gasteiger partial charge in [0.2, 0.25) is 0 Å². The van der Waals surface area contributed by atoms with Crippen molar-refractivity contribution in [1.29, 1.82) is 0 Å². The number of fused-ring (bicyclic) bond motifs is 3. The molecule has 0 aromatic rings. The molecule has 1 saturated carbocycles. The number of allylic oxidation sites excluding steroid dienone is 2. The van der Waals surface area contributed by atoms with Crippen LogP contribution in [0.5, 0.6) is 0 Å². The summed E-state index contributed by atoms with van der Waals surface area (Å²) in [5.41, 5.74) is 0.506. The van der Waals surface area contributed by atoms with Crippen LogP contribution in [0.3, 0.4) is 0 Å². The second kappa shape index (κ2) is 9.18. The van der Waals surface area contributed by atoms with E-state index in [0.29, 0.717) is 36.8 Å². The molecule has 5 aliphatic rings. The SMILES string of the molecule is CC(=O)O[C@@H]1CC([C@H](C)[C@H]2CC=C(C)C(=O)O2)[C@@]2(C)CCC3=C(CC[C@]4(O)C(=C3)C=CC(=O)OC4(C)C)[C@]12C. The van der Waals surface area contributed by atoms with Gasteiger partial charge in [0.15, 0.2) is 0 Å². The third-order valence-electron chi connectivity index (χ3n) is 11.1. The van der Waals surface area contributed by atoms with Gasteiger partial charge in [-0.3, -0.25) is 4.79 Å². The van der Waals surface area contributed by atoms with Crippen molar-refractivity contribution in [3.63, 3.8) is 0 Å². The van der Waals surface area contributed by atoms with E-state index in [1.165, 1.54) is 18.6 Å². The van der Waals surface area contributed by atoms with Gasteiger partial charge in [-0.05, 0) is 87.3 Å². The number of ether oxygens (including phenoxy) is 3. The van der Waals surface area contributed by atoms with Crippen molar-refractivity contribution < 1.29 is 33.7 Å². The summed E-state index contributed by atoms with van der Waals surface area (Å²) in [7, 11) is 0. The highest BCUT2D eigenvalue weighted by Crippen LogP contribution is 2.69. The Morgan fingerprint density at radius 3 is 2.51 bits per heavy atom. The van der Waals surface area contributed by atoms with E-state index in [4.69, 9.17) is 14.2 Å². The molecule has 0 radical (unpaired) electrons. The van der Waals surface area contributed by atoms with Crippen LogP contribution < -0.4 is 0 Å². The molecule has 39 heavy (non-hydrogen) atoms. The summed E-state index contributed by atoms with van der Waals surface area (Å²) in [6.45, 7) is 13.5. The highest BCUT2D eigenvalue weighted by atomic mass is 16.6. The average Bonchev–Trinajstić information content (AvgIpc) is 2.93. The fraction of sp³-hybridized carbons (Fsp3) is 0.656. The molecule has 0 aromatic heterocycles. The first-order valence-corrected chi connectivity index (χ1v) is 14.3. The molecule has 0 aromatic carbocycles. The Morgan fingerprint density at radius 1 is 1.13 bits per heavy atom. The smallest absolute Gasteiger partial charge is 0.333 e. The molecule has 0 saturated heterocycles. The molecule has 7 heteroatoms. The zero-order valence-electron chi connectivity index (χ0n) is 24.3. The summed E-state index contributed by atoms with van der Waals surface area (Å²) in [5, 5.41) is 12.0. The first-order chi connectivity index (χ1) is 18.1. The zero-order valence-corrected chi connectivity index (χ0v) is 24.3. The minimum atomic E-state index is -1.36. The van der Waals surface area contributed by atoms with Gasteiger partial charge in [-0.2, -0.15) is 0 Å². The van der Waals surface area contributed by atoms with E-state index >= 15 is 0 Å². The molecular formula is C32H42O7. The number of esters is 3. The molecule has 0 spiro atoms. The number of cyclic esters (lactones) is 2. The average molecular weight is 539 g/mol. The Morgan fingerprint density at radius 2 is 1.85 bits per heavy atom. The second-order valence-electron chi connectivity index (χ2n) is 13.2. The van der Waals surface area contributed by atoms with E-state index in [2.05, 4.69) is 20.8 Å². The van der Waals surface area contributed by atoms with Crippen molar-refractivity contribution in [3.8, 4) is 0 Å². The number of aliphatic hydroxyl groups is 1. The third kappa shape index (κ3) is 4.06. The van der Waals surface area contributed by atoms with Gasteiger partial charge >= 0.3 is 17.9 Å². The summed E-state index contributed by atoms with van der Waals surface area (Å²) in [6.07, 6.45) is 10.6. The molecule has 1 fully saturated rings. The van der Waals surface area contributed by atoms with Gasteiger partial charge in [-0.25, -0.2) is 9.59 Å². The number of hydrogen-bond acceptors (Lipinski definition) is 7. The van der Waals surface area contributed by atoms with E-state index in [-0.39, 0.29) is 41.4 Å². The molecule has 2 aliphatic heterocycles. The van der Waals surface area contributed by atoms with Crippen LogP contribution in [0.25, 0.3) is 0 Å². The normalized spacial score (nSPS) is 40.1. The number of carbonyl (C=O) groups is 3. The van der Waals surface area contributed by atoms with Crippen LogP contribution in [0.1, 0.15) is 87.0 Å². The van der Waals surface area contributed by atoms with Crippen molar-refractivity contribution >= 4 is 17.9 Å². The van der Waals surface area contributed by atoms with Crippen LogP contribution in [-0.2, 0) is 28.6 Å². The molecule has 1 N–H and O–H groups in total. The molecule has 0 bridgehead atoms. The lowest BCUT2D eigenvalue weighted by atomic mass is 9.52. The highest BCUT2D eigenvalue weighted by Gasteiger charge is 2.66. The summed E-state index contributed by atoms with van der Waals surface area (Å²) < 4.78 is 17.6. The van der Waals surface area contributed by atoms with Crippen LogP contribution in [-0.4, -0.2) is 46.4 Å². The largest absolute Gasteiger partial charge is 0.462 e. The van der Waals surface area contributed by atoms with Gasteiger partial charge < -0.3 is 19.3 Å². The Bertz CT molecular complexity index is 1230. The Labute approximate surface area is 231 Å². The monoisotopic (exact) mass is 538 g/mol. The van der Waals surface area contributed by atoms with Crippen molar-refractivity contribution in [2.45, 2.75) is 110 Å². The maximum Gasteiger partial charge on any atom is 0.333 e. The van der Waals surface area contributed by atoms with Gasteiger partial charge in [-0.1, -0.05) is 38.5 Å². The Balaban J connectivity index is 1.58. The molecule has 5 rings (SSSR count). The lowest BCUT2D eigenvalue weighted by Gasteiger charge is -2.53. The molecule has 1 unspecified atom stereocenters. The predicted octanol–water partition coefficient (Wildman–Crippen LogP) is 5.28. The van der Waals surface area contributed by atoms with E-state index in [1.54, 1.807) is 26.8 Å². The van der Waals surface area contributed by atoms with Gasteiger partial charge in [0.05, 0.1) is 0 Å². The highest BCUT2D eigenvalue weighted by molar-refractivity contribution is 5.88. The van der Waals surface area contributed by atoms with E-state index < -0.39 is 22.6 Å². The van der Waals surface area contributed by atoms with E-state index in [9.17, 15) is 19.5 Å². The van der Waals surface area contributed by atoms with Crippen LogP contribution in [0.4, 0.5) is 0 Å². The first kappa shape index (κ1) is 27.9. The maximum absolute atomic E-state index is 12.4. The first-order valence-electron chi connectivity index (χ1n) is 14.3. The molecule has 7 nitrogen and oxygen atoms in total. The van der Waals surface area contributed by atoms with E-state index in [0.717, 1.165) is 18.4 Å².